The molecule has 0 bridgehead atoms. The van der Waals surface area contributed by atoms with E-state index in [1.54, 1.807) is 6.07 Å². The first-order chi connectivity index (χ1) is 16.3. The summed E-state index contributed by atoms with van der Waals surface area (Å²) in [5.74, 6) is 0.507. The summed E-state index contributed by atoms with van der Waals surface area (Å²) in [4.78, 5) is 8.51. The Bertz CT molecular complexity index is 1040. The Kier molecular flexibility index (Phi) is 7.96. The highest BCUT2D eigenvalue weighted by Gasteiger charge is 2.42. The highest BCUT2D eigenvalue weighted by atomic mass is 32.2. The van der Waals surface area contributed by atoms with Gasteiger partial charge in [0.25, 0.3) is 0 Å². The minimum atomic E-state index is -4.12. The van der Waals surface area contributed by atoms with E-state index in [1.807, 2.05) is 30.3 Å². The fraction of sp³-hybridized carbons (Fsp3) is 0.545. The van der Waals surface area contributed by atoms with Crippen LogP contribution in [0.15, 0.2) is 42.7 Å². The van der Waals surface area contributed by atoms with Crippen LogP contribution in [0.25, 0.3) is 0 Å². The summed E-state index contributed by atoms with van der Waals surface area (Å²) in [5.41, 5.74) is 1.13. The van der Waals surface area contributed by atoms with Crippen LogP contribution in [-0.4, -0.2) is 65.6 Å². The van der Waals surface area contributed by atoms with E-state index in [4.69, 9.17) is 9.88 Å². The van der Waals surface area contributed by atoms with Gasteiger partial charge in [-0.25, -0.2) is 15.1 Å². The Balaban J connectivity index is 1.33. The molecule has 2 aliphatic rings. The van der Waals surface area contributed by atoms with Crippen molar-refractivity contribution >= 4 is 21.9 Å². The lowest BCUT2D eigenvalue weighted by Gasteiger charge is -2.23. The van der Waals surface area contributed by atoms with Gasteiger partial charge in [0, 0.05) is 12.0 Å². The van der Waals surface area contributed by atoms with Crippen LogP contribution in [-0.2, 0) is 25.8 Å². The molecule has 1 aromatic carbocycles. The van der Waals surface area contributed by atoms with Crippen molar-refractivity contribution in [1.29, 1.82) is 0 Å². The third kappa shape index (κ3) is 6.62. The molecule has 0 radical (unpaired) electrons. The number of hydrogen-bond acceptors (Lipinski definition) is 10. The van der Waals surface area contributed by atoms with Gasteiger partial charge in [-0.2, -0.15) is 8.42 Å². The molecule has 0 aliphatic heterocycles. The summed E-state index contributed by atoms with van der Waals surface area (Å²) in [7, 11) is -4.12. The number of anilines is 2. The zero-order chi connectivity index (χ0) is 24.1. The van der Waals surface area contributed by atoms with E-state index in [2.05, 4.69) is 24.8 Å². The lowest BCUT2D eigenvalue weighted by atomic mass is 10.1. The van der Waals surface area contributed by atoms with Gasteiger partial charge in [0.05, 0.1) is 37.5 Å². The van der Waals surface area contributed by atoms with E-state index < -0.39 is 34.5 Å². The Morgan fingerprint density at radius 3 is 2.44 bits per heavy atom. The molecular formula is C22H31N5O6S. The van der Waals surface area contributed by atoms with E-state index in [1.165, 1.54) is 6.33 Å². The number of hydrogen-bond donors (Lipinski definition) is 5. The molecule has 6 N–H and O–H groups in total. The number of benzene rings is 1. The second kappa shape index (κ2) is 10.9. The summed E-state index contributed by atoms with van der Waals surface area (Å²) >= 11 is 0. The normalized spacial score (nSPS) is 29.3. The third-order valence-corrected chi connectivity index (χ3v) is 6.81. The number of aromatic nitrogens is 2. The van der Waals surface area contributed by atoms with Crippen molar-refractivity contribution in [3.63, 3.8) is 0 Å². The minimum absolute atomic E-state index is 0.0676. The Hall–Kier alpha value is -2.35. The van der Waals surface area contributed by atoms with Gasteiger partial charge in [-0.3, -0.25) is 4.18 Å². The third-order valence-electron chi connectivity index (χ3n) is 6.34. The number of aliphatic hydroxyl groups excluding tert-OH is 2. The van der Waals surface area contributed by atoms with Gasteiger partial charge in [0.15, 0.2) is 0 Å². The Morgan fingerprint density at radius 2 is 1.74 bits per heavy atom. The highest BCUT2D eigenvalue weighted by molar-refractivity contribution is 7.84. The summed E-state index contributed by atoms with van der Waals surface area (Å²) in [5, 5.41) is 32.0. The molecule has 4 rings (SSSR count). The van der Waals surface area contributed by atoms with E-state index in [-0.39, 0.29) is 25.2 Å². The summed E-state index contributed by atoms with van der Waals surface area (Å²) < 4.78 is 32.8. The SMILES string of the molecule is NS(=O)(=O)OC[C@H]1C[C@@H](Nc2cc(N[C@@H]3CCC[C@H]3OCc3ccccc3)ncn2)[C@H](O)[C@@H]1O. The van der Waals surface area contributed by atoms with Crippen molar-refractivity contribution in [3.8, 4) is 0 Å². The molecule has 2 saturated carbocycles. The van der Waals surface area contributed by atoms with Gasteiger partial charge in [0.1, 0.15) is 24.1 Å². The van der Waals surface area contributed by atoms with Gasteiger partial charge >= 0.3 is 10.3 Å². The molecule has 2 aromatic rings. The average molecular weight is 494 g/mol. The summed E-state index contributed by atoms with van der Waals surface area (Å²) in [6.45, 7) is 0.246. The second-order valence-corrected chi connectivity index (χ2v) is 10.0. The van der Waals surface area contributed by atoms with Crippen molar-refractivity contribution in [3.05, 3.63) is 48.3 Å². The van der Waals surface area contributed by atoms with Crippen LogP contribution < -0.4 is 15.8 Å². The predicted molar refractivity (Wildman–Crippen MR) is 125 cm³/mol. The maximum atomic E-state index is 11.0. The molecule has 12 heteroatoms. The molecule has 186 valence electrons. The molecule has 2 aliphatic carbocycles. The molecular weight excluding hydrogens is 462 g/mol. The lowest BCUT2D eigenvalue weighted by Crippen LogP contribution is -2.36. The van der Waals surface area contributed by atoms with Gasteiger partial charge < -0.3 is 25.6 Å². The van der Waals surface area contributed by atoms with Crippen LogP contribution >= 0.6 is 0 Å². The molecule has 1 heterocycles. The van der Waals surface area contributed by atoms with Gasteiger partial charge in [-0.15, -0.1) is 0 Å². The number of nitrogens with zero attached hydrogens (tertiary/aromatic N) is 2. The van der Waals surface area contributed by atoms with E-state index >= 15 is 0 Å². The quantitative estimate of drug-likeness (QED) is 0.319. The molecule has 0 amide bonds. The van der Waals surface area contributed by atoms with Gasteiger partial charge in [-0.05, 0) is 31.2 Å². The molecule has 1 aromatic heterocycles. The highest BCUT2D eigenvalue weighted by Crippen LogP contribution is 2.30. The van der Waals surface area contributed by atoms with Crippen molar-refractivity contribution in [2.24, 2.45) is 11.1 Å². The first-order valence-electron chi connectivity index (χ1n) is 11.3. The fourth-order valence-electron chi connectivity index (χ4n) is 4.58. The van der Waals surface area contributed by atoms with Crippen LogP contribution in [0.1, 0.15) is 31.2 Å². The van der Waals surface area contributed by atoms with E-state index in [9.17, 15) is 18.6 Å². The monoisotopic (exact) mass is 493 g/mol. The molecule has 6 atom stereocenters. The number of aliphatic hydroxyl groups is 2. The minimum Gasteiger partial charge on any atom is -0.390 e. The molecule has 0 unspecified atom stereocenters. The van der Waals surface area contributed by atoms with Crippen molar-refractivity contribution in [1.82, 2.24) is 9.97 Å². The van der Waals surface area contributed by atoms with Crippen LogP contribution in [0, 0.1) is 5.92 Å². The van der Waals surface area contributed by atoms with Gasteiger partial charge in [-0.1, -0.05) is 30.3 Å². The van der Waals surface area contributed by atoms with Crippen LogP contribution in [0.5, 0.6) is 0 Å². The molecule has 2 fully saturated rings. The Morgan fingerprint density at radius 1 is 1.03 bits per heavy atom. The van der Waals surface area contributed by atoms with Gasteiger partial charge in [0.2, 0.25) is 0 Å². The molecule has 11 nitrogen and oxygen atoms in total. The molecule has 0 spiro atoms. The second-order valence-electron chi connectivity index (χ2n) is 8.81. The fourth-order valence-corrected chi connectivity index (χ4v) is 4.94. The number of ether oxygens (including phenoxy) is 1. The topological polar surface area (TPSA) is 169 Å². The summed E-state index contributed by atoms with van der Waals surface area (Å²) in [6, 6.07) is 11.4. The summed E-state index contributed by atoms with van der Waals surface area (Å²) in [6.07, 6.45) is 2.48. The molecule has 34 heavy (non-hydrogen) atoms. The molecule has 0 saturated heterocycles. The lowest BCUT2D eigenvalue weighted by molar-refractivity contribution is 0.00778. The van der Waals surface area contributed by atoms with Crippen LogP contribution in [0.4, 0.5) is 11.6 Å². The Labute approximate surface area is 199 Å². The van der Waals surface area contributed by atoms with Crippen molar-refractivity contribution in [2.45, 2.75) is 62.7 Å². The zero-order valence-electron chi connectivity index (χ0n) is 18.7. The van der Waals surface area contributed by atoms with E-state index in [0.29, 0.717) is 18.2 Å². The smallest absolute Gasteiger partial charge is 0.333 e. The van der Waals surface area contributed by atoms with Crippen LogP contribution in [0.3, 0.4) is 0 Å². The largest absolute Gasteiger partial charge is 0.390 e. The average Bonchev–Trinajstić information content (AvgIpc) is 3.36. The standard InChI is InChI=1S/C22H31N5O6S/c23-34(30,31)33-12-15-9-17(22(29)21(15)28)27-20-10-19(24-13-25-20)26-16-7-4-8-18(16)32-11-14-5-2-1-3-6-14/h1-3,5-6,10,13,15-18,21-22,28-29H,4,7-9,11-12H2,(H2,23,30,31)(H2,24,25,26,27)/t15-,16-,17-,18-,21-,22+/m1/s1. The predicted octanol–water partition coefficient (Wildman–Crippen LogP) is 0.769. The van der Waals surface area contributed by atoms with Crippen molar-refractivity contribution in [2.75, 3.05) is 17.2 Å². The number of rotatable bonds is 10. The first-order valence-corrected chi connectivity index (χ1v) is 12.8. The maximum absolute atomic E-state index is 11.0. The van der Waals surface area contributed by atoms with Crippen LogP contribution in [0.2, 0.25) is 0 Å². The number of nitrogens with two attached hydrogens (primary N) is 1. The van der Waals surface area contributed by atoms with E-state index in [0.717, 1.165) is 24.8 Å². The van der Waals surface area contributed by atoms with Crippen molar-refractivity contribution < 1.29 is 27.6 Å². The number of nitrogens with one attached hydrogen (secondary N) is 2. The maximum Gasteiger partial charge on any atom is 0.333 e. The first kappa shape index (κ1) is 24.8. The zero-order valence-corrected chi connectivity index (χ0v) is 19.5.